The lowest BCUT2D eigenvalue weighted by Gasteiger charge is -2.35. The lowest BCUT2D eigenvalue weighted by atomic mass is 10.0. The third-order valence-electron chi connectivity index (χ3n) is 3.98. The zero-order valence-electron chi connectivity index (χ0n) is 13.3. The van der Waals surface area contributed by atoms with E-state index in [1.54, 1.807) is 21.9 Å². The van der Waals surface area contributed by atoms with Crippen LogP contribution in [0.4, 0.5) is 0 Å². The molecule has 2 aromatic rings. The minimum atomic E-state index is -0.167. The van der Waals surface area contributed by atoms with Crippen molar-refractivity contribution in [3.8, 4) is 0 Å². The van der Waals surface area contributed by atoms with Crippen LogP contribution in [0.25, 0.3) is 0 Å². The minimum absolute atomic E-state index is 0.145. The molecular formula is C15H20N6O2. The van der Waals surface area contributed by atoms with Gasteiger partial charge in [0.05, 0.1) is 37.7 Å². The second-order valence-corrected chi connectivity index (χ2v) is 5.55. The van der Waals surface area contributed by atoms with Crippen LogP contribution < -0.4 is 0 Å². The summed E-state index contributed by atoms with van der Waals surface area (Å²) in [6, 6.07) is -0.167. The van der Waals surface area contributed by atoms with Crippen LogP contribution in [-0.2, 0) is 11.3 Å². The summed E-state index contributed by atoms with van der Waals surface area (Å²) in [4.78, 5) is 14.6. The molecule has 1 N–H and O–H groups in total. The second kappa shape index (κ2) is 6.33. The Morgan fingerprint density at radius 2 is 2.39 bits per heavy atom. The van der Waals surface area contributed by atoms with E-state index in [1.165, 1.54) is 0 Å². The van der Waals surface area contributed by atoms with E-state index in [9.17, 15) is 4.79 Å². The van der Waals surface area contributed by atoms with Gasteiger partial charge in [-0.1, -0.05) is 11.3 Å². The number of H-pyrrole nitrogens is 1. The average Bonchev–Trinajstić information content (AvgIpc) is 3.14. The van der Waals surface area contributed by atoms with E-state index in [4.69, 9.17) is 4.74 Å². The number of nitrogens with one attached hydrogen (secondary N) is 1. The topological polar surface area (TPSA) is 88.9 Å². The molecule has 1 aliphatic rings. The zero-order chi connectivity index (χ0) is 16.4. The number of allylic oxidation sites excluding steroid dienone is 1. The zero-order valence-corrected chi connectivity index (χ0v) is 13.3. The molecule has 0 saturated carbocycles. The van der Waals surface area contributed by atoms with Crippen molar-refractivity contribution < 1.29 is 9.53 Å². The Balaban J connectivity index is 1.88. The second-order valence-electron chi connectivity index (χ2n) is 5.55. The molecule has 0 bridgehead atoms. The van der Waals surface area contributed by atoms with Gasteiger partial charge in [0.2, 0.25) is 0 Å². The molecule has 1 aliphatic heterocycles. The van der Waals surface area contributed by atoms with Crippen molar-refractivity contribution in [1.82, 2.24) is 30.1 Å². The maximum atomic E-state index is 12.8. The van der Waals surface area contributed by atoms with Gasteiger partial charge in [0.1, 0.15) is 0 Å². The van der Waals surface area contributed by atoms with Gasteiger partial charge in [-0.3, -0.25) is 9.89 Å². The molecule has 0 spiro atoms. The van der Waals surface area contributed by atoms with Gasteiger partial charge in [0, 0.05) is 17.8 Å². The largest absolute Gasteiger partial charge is 0.377 e. The fourth-order valence-corrected chi connectivity index (χ4v) is 2.90. The standard InChI is InChI=1S/C15H20N6O2/c1-4-5-20-8-12(18-19-20)15(22)21-6-7-23-9-13(21)14-10(2)16-17-11(14)3/h4,8,13H,1,5-7,9H2,2-3H3,(H,16,17). The van der Waals surface area contributed by atoms with Gasteiger partial charge in [0.15, 0.2) is 5.69 Å². The fraction of sp³-hybridized carbons (Fsp3) is 0.467. The highest BCUT2D eigenvalue weighted by molar-refractivity contribution is 5.92. The predicted molar refractivity (Wildman–Crippen MR) is 82.9 cm³/mol. The normalized spacial score (nSPS) is 18.2. The summed E-state index contributed by atoms with van der Waals surface area (Å²) in [5, 5.41) is 15.1. The Hall–Kier alpha value is -2.48. The maximum Gasteiger partial charge on any atom is 0.276 e. The number of aromatic nitrogens is 5. The molecule has 23 heavy (non-hydrogen) atoms. The molecule has 1 saturated heterocycles. The third kappa shape index (κ3) is 2.89. The molecule has 1 fully saturated rings. The molecular weight excluding hydrogens is 296 g/mol. The average molecular weight is 316 g/mol. The number of carbonyl (C=O) groups excluding carboxylic acids is 1. The maximum absolute atomic E-state index is 12.8. The summed E-state index contributed by atoms with van der Waals surface area (Å²) in [5.41, 5.74) is 3.17. The SMILES string of the molecule is C=CCn1cc(C(=O)N2CCOCC2c2c(C)n[nH]c2C)nn1. The van der Waals surface area contributed by atoms with E-state index in [-0.39, 0.29) is 11.9 Å². The predicted octanol–water partition coefficient (Wildman–Crippen LogP) is 1.02. The van der Waals surface area contributed by atoms with Crippen LogP contribution in [0.15, 0.2) is 18.9 Å². The van der Waals surface area contributed by atoms with Gasteiger partial charge in [0.25, 0.3) is 5.91 Å². The molecule has 0 aliphatic carbocycles. The number of amides is 1. The summed E-state index contributed by atoms with van der Waals surface area (Å²) in [7, 11) is 0. The molecule has 1 amide bonds. The van der Waals surface area contributed by atoms with Crippen molar-refractivity contribution in [1.29, 1.82) is 0 Å². The molecule has 1 unspecified atom stereocenters. The smallest absolute Gasteiger partial charge is 0.276 e. The van der Waals surface area contributed by atoms with Crippen molar-refractivity contribution in [2.75, 3.05) is 19.8 Å². The highest BCUT2D eigenvalue weighted by Crippen LogP contribution is 2.29. The number of rotatable bonds is 4. The third-order valence-corrected chi connectivity index (χ3v) is 3.98. The first-order chi connectivity index (χ1) is 11.1. The summed E-state index contributed by atoms with van der Waals surface area (Å²) >= 11 is 0. The fourth-order valence-electron chi connectivity index (χ4n) is 2.90. The molecule has 8 nitrogen and oxygen atoms in total. The molecule has 3 rings (SSSR count). The van der Waals surface area contributed by atoms with Crippen LogP contribution in [0.5, 0.6) is 0 Å². The lowest BCUT2D eigenvalue weighted by molar-refractivity contribution is -0.00333. The quantitative estimate of drug-likeness (QED) is 0.851. The number of carbonyl (C=O) groups is 1. The van der Waals surface area contributed by atoms with Gasteiger partial charge < -0.3 is 9.64 Å². The Labute approximate surface area is 134 Å². The van der Waals surface area contributed by atoms with Crippen LogP contribution in [0.2, 0.25) is 0 Å². The van der Waals surface area contributed by atoms with Gasteiger partial charge in [-0.25, -0.2) is 4.68 Å². The van der Waals surface area contributed by atoms with Crippen molar-refractivity contribution in [3.05, 3.63) is 41.5 Å². The first-order valence-corrected chi connectivity index (χ1v) is 7.53. The molecule has 0 radical (unpaired) electrons. The van der Waals surface area contributed by atoms with Gasteiger partial charge in [-0.2, -0.15) is 5.10 Å². The number of hydrogen-bond donors (Lipinski definition) is 1. The number of hydrogen-bond acceptors (Lipinski definition) is 5. The monoisotopic (exact) mass is 316 g/mol. The molecule has 1 atom stereocenters. The van der Waals surface area contributed by atoms with Crippen LogP contribution in [-0.4, -0.2) is 55.8 Å². The number of aryl methyl sites for hydroxylation is 2. The van der Waals surface area contributed by atoms with Crippen LogP contribution in [0, 0.1) is 13.8 Å². The van der Waals surface area contributed by atoms with E-state index >= 15 is 0 Å². The van der Waals surface area contributed by atoms with E-state index in [0.29, 0.717) is 32.0 Å². The van der Waals surface area contributed by atoms with Crippen molar-refractivity contribution in [2.45, 2.75) is 26.4 Å². The first kappa shape index (κ1) is 15.4. The lowest BCUT2D eigenvalue weighted by Crippen LogP contribution is -2.44. The molecule has 122 valence electrons. The number of aromatic amines is 1. The molecule has 0 aromatic carbocycles. The summed E-state index contributed by atoms with van der Waals surface area (Å²) in [5.74, 6) is -0.145. The number of nitrogens with zero attached hydrogens (tertiary/aromatic N) is 5. The summed E-state index contributed by atoms with van der Waals surface area (Å²) in [6.45, 7) is 9.53. The molecule has 2 aromatic heterocycles. The highest BCUT2D eigenvalue weighted by atomic mass is 16.5. The summed E-state index contributed by atoms with van der Waals surface area (Å²) < 4.78 is 7.17. The van der Waals surface area contributed by atoms with Gasteiger partial charge in [-0.05, 0) is 13.8 Å². The van der Waals surface area contributed by atoms with E-state index in [1.807, 2.05) is 13.8 Å². The van der Waals surface area contributed by atoms with E-state index in [0.717, 1.165) is 17.0 Å². The molecule has 3 heterocycles. The van der Waals surface area contributed by atoms with E-state index in [2.05, 4.69) is 27.1 Å². The van der Waals surface area contributed by atoms with Crippen molar-refractivity contribution >= 4 is 5.91 Å². The van der Waals surface area contributed by atoms with Crippen LogP contribution >= 0.6 is 0 Å². The Kier molecular flexibility index (Phi) is 4.24. The highest BCUT2D eigenvalue weighted by Gasteiger charge is 2.33. The summed E-state index contributed by atoms with van der Waals surface area (Å²) in [6.07, 6.45) is 3.35. The van der Waals surface area contributed by atoms with Crippen molar-refractivity contribution in [3.63, 3.8) is 0 Å². The van der Waals surface area contributed by atoms with Gasteiger partial charge in [-0.15, -0.1) is 11.7 Å². The number of ether oxygens (including phenoxy) is 1. The van der Waals surface area contributed by atoms with E-state index < -0.39 is 0 Å². The Morgan fingerprint density at radius 1 is 1.57 bits per heavy atom. The Morgan fingerprint density at radius 3 is 3.09 bits per heavy atom. The van der Waals surface area contributed by atoms with Crippen LogP contribution in [0.1, 0.15) is 33.5 Å². The Bertz CT molecular complexity index is 700. The van der Waals surface area contributed by atoms with Crippen LogP contribution in [0.3, 0.4) is 0 Å². The minimum Gasteiger partial charge on any atom is -0.377 e. The number of morpholine rings is 1. The molecule has 8 heteroatoms. The first-order valence-electron chi connectivity index (χ1n) is 7.53. The van der Waals surface area contributed by atoms with Gasteiger partial charge >= 0.3 is 0 Å². The van der Waals surface area contributed by atoms with Crippen molar-refractivity contribution in [2.24, 2.45) is 0 Å².